The van der Waals surface area contributed by atoms with Gasteiger partial charge in [-0.3, -0.25) is 0 Å². The maximum atomic E-state index is 3.90. The van der Waals surface area contributed by atoms with Crippen molar-refractivity contribution in [2.75, 3.05) is 0 Å². The second-order valence-electron chi connectivity index (χ2n) is 12.1. The molecule has 2 aromatic heterocycles. The van der Waals surface area contributed by atoms with E-state index in [-0.39, 0.29) is 0 Å². The standard InChI is InChI=1S/C40H36N2/c1-3-11-27(12-4-1)29-19-23-31(24-20-29)37-33-15-7-9-17-35(33)41-39(37)40-38(34-16-8-10-18-36(34)42-40)32-25-21-30(22-26-32)28-13-5-2-6-14-28/h1-18,23,25,29-30,41-42H,19-22,24,26H2. The first-order chi connectivity index (χ1) is 20.8. The molecule has 0 saturated heterocycles. The maximum Gasteiger partial charge on any atom is 0.0713 e. The topological polar surface area (TPSA) is 31.6 Å². The molecule has 0 fully saturated rings. The highest BCUT2D eigenvalue weighted by Gasteiger charge is 2.27. The lowest BCUT2D eigenvalue weighted by atomic mass is 9.80. The molecule has 2 N–H and O–H groups in total. The highest BCUT2D eigenvalue weighted by atomic mass is 14.8. The monoisotopic (exact) mass is 544 g/mol. The van der Waals surface area contributed by atoms with Gasteiger partial charge in [-0.05, 0) is 84.8 Å². The summed E-state index contributed by atoms with van der Waals surface area (Å²) in [6.45, 7) is 0. The van der Waals surface area contributed by atoms with Gasteiger partial charge in [-0.1, -0.05) is 109 Å². The van der Waals surface area contributed by atoms with Crippen LogP contribution in [0.15, 0.2) is 121 Å². The minimum Gasteiger partial charge on any atom is -0.353 e. The average Bonchev–Trinajstić information content (AvgIpc) is 3.65. The fourth-order valence-corrected chi connectivity index (χ4v) is 7.50. The first-order valence-electron chi connectivity index (χ1n) is 15.5. The van der Waals surface area contributed by atoms with E-state index in [9.17, 15) is 0 Å². The summed E-state index contributed by atoms with van der Waals surface area (Å²) in [5.41, 5.74) is 13.5. The molecule has 8 rings (SSSR count). The maximum absolute atomic E-state index is 3.90. The predicted octanol–water partition coefficient (Wildman–Crippen LogP) is 11.0. The number of nitrogens with one attached hydrogen (secondary N) is 2. The molecule has 0 aliphatic heterocycles. The summed E-state index contributed by atoms with van der Waals surface area (Å²) >= 11 is 0. The molecule has 2 atom stereocenters. The van der Waals surface area contributed by atoms with Gasteiger partial charge in [-0.25, -0.2) is 0 Å². The lowest BCUT2D eigenvalue weighted by Gasteiger charge is -2.24. The Morgan fingerprint density at radius 1 is 0.452 bits per heavy atom. The first-order valence-corrected chi connectivity index (χ1v) is 15.5. The fraction of sp³-hybridized carbons (Fsp3) is 0.200. The summed E-state index contributed by atoms with van der Waals surface area (Å²) in [6, 6.07) is 39.8. The Balaban J connectivity index is 1.24. The number of aromatic nitrogens is 2. The van der Waals surface area contributed by atoms with Crippen LogP contribution in [0.25, 0.3) is 44.3 Å². The minimum atomic E-state index is 0.595. The number of benzene rings is 4. The van der Waals surface area contributed by atoms with E-state index in [1.807, 2.05) is 0 Å². The highest BCUT2D eigenvalue weighted by Crippen LogP contribution is 2.47. The van der Waals surface area contributed by atoms with Crippen LogP contribution >= 0.6 is 0 Å². The van der Waals surface area contributed by atoms with Crippen molar-refractivity contribution >= 4 is 33.0 Å². The van der Waals surface area contributed by atoms with E-state index in [0.29, 0.717) is 11.8 Å². The largest absolute Gasteiger partial charge is 0.353 e. The van der Waals surface area contributed by atoms with E-state index in [1.165, 1.54) is 79.4 Å². The van der Waals surface area contributed by atoms with Gasteiger partial charge in [0.25, 0.3) is 0 Å². The van der Waals surface area contributed by atoms with Crippen LogP contribution < -0.4 is 0 Å². The molecule has 0 radical (unpaired) electrons. The normalized spacial score (nSPS) is 19.1. The highest BCUT2D eigenvalue weighted by molar-refractivity contribution is 6.06. The van der Waals surface area contributed by atoms with Gasteiger partial charge in [0.05, 0.1) is 11.4 Å². The lowest BCUT2D eigenvalue weighted by molar-refractivity contribution is 0.625. The van der Waals surface area contributed by atoms with Crippen LogP contribution in [0.4, 0.5) is 0 Å². The molecule has 0 saturated carbocycles. The van der Waals surface area contributed by atoms with Crippen LogP contribution in [-0.4, -0.2) is 9.97 Å². The van der Waals surface area contributed by atoms with Crippen molar-refractivity contribution in [3.05, 3.63) is 144 Å². The quantitative estimate of drug-likeness (QED) is 0.216. The Bertz CT molecular complexity index is 1790. The SMILES string of the molecule is C1=C(c2c(-c3[nH]c4ccccc4c3C3=CCC(c4ccccc4)CC3)[nH]c3ccccc23)CCC(c2ccccc2)C1. The van der Waals surface area contributed by atoms with E-state index < -0.39 is 0 Å². The number of allylic oxidation sites excluding steroid dienone is 4. The zero-order valence-corrected chi connectivity index (χ0v) is 23.9. The summed E-state index contributed by atoms with van der Waals surface area (Å²) < 4.78 is 0. The third kappa shape index (κ3) is 4.43. The van der Waals surface area contributed by atoms with Crippen LogP contribution in [0.1, 0.15) is 72.6 Å². The van der Waals surface area contributed by atoms with Crippen molar-refractivity contribution in [1.82, 2.24) is 9.97 Å². The molecule has 2 nitrogen and oxygen atoms in total. The van der Waals surface area contributed by atoms with Crippen molar-refractivity contribution in [3.63, 3.8) is 0 Å². The van der Waals surface area contributed by atoms with Crippen molar-refractivity contribution in [3.8, 4) is 11.4 Å². The molecule has 2 unspecified atom stereocenters. The zero-order chi connectivity index (χ0) is 27.9. The Hall–Kier alpha value is -4.56. The van der Waals surface area contributed by atoms with Crippen LogP contribution in [0.2, 0.25) is 0 Å². The number of rotatable bonds is 5. The number of para-hydroxylation sites is 2. The fourth-order valence-electron chi connectivity index (χ4n) is 7.50. The van der Waals surface area contributed by atoms with E-state index in [0.717, 1.165) is 25.7 Å². The third-order valence-electron chi connectivity index (χ3n) is 9.67. The molecule has 0 spiro atoms. The molecule has 42 heavy (non-hydrogen) atoms. The van der Waals surface area contributed by atoms with Crippen LogP contribution in [0.5, 0.6) is 0 Å². The van der Waals surface area contributed by atoms with Crippen molar-refractivity contribution in [2.45, 2.75) is 50.4 Å². The van der Waals surface area contributed by atoms with Crippen molar-refractivity contribution in [1.29, 1.82) is 0 Å². The molecule has 2 heteroatoms. The van der Waals surface area contributed by atoms with Crippen LogP contribution in [0, 0.1) is 0 Å². The second-order valence-corrected chi connectivity index (χ2v) is 12.1. The summed E-state index contributed by atoms with van der Waals surface area (Å²) in [5.74, 6) is 1.19. The number of fused-ring (bicyclic) bond motifs is 2. The van der Waals surface area contributed by atoms with Crippen LogP contribution in [0.3, 0.4) is 0 Å². The molecule has 0 amide bonds. The molecule has 2 aliphatic rings. The molecule has 2 heterocycles. The Labute approximate surface area is 247 Å². The van der Waals surface area contributed by atoms with E-state index in [2.05, 4.69) is 131 Å². The third-order valence-corrected chi connectivity index (χ3v) is 9.67. The second kappa shape index (κ2) is 10.7. The van der Waals surface area contributed by atoms with Crippen molar-refractivity contribution in [2.24, 2.45) is 0 Å². The summed E-state index contributed by atoms with van der Waals surface area (Å²) in [7, 11) is 0. The molecule has 0 bridgehead atoms. The number of aromatic amines is 2. The summed E-state index contributed by atoms with van der Waals surface area (Å²) in [6.07, 6.45) is 11.8. The number of H-pyrrole nitrogens is 2. The van der Waals surface area contributed by atoms with Gasteiger partial charge in [0, 0.05) is 32.9 Å². The van der Waals surface area contributed by atoms with Crippen LogP contribution in [-0.2, 0) is 0 Å². The van der Waals surface area contributed by atoms with Gasteiger partial charge in [-0.2, -0.15) is 0 Å². The first kappa shape index (κ1) is 25.2. The Morgan fingerprint density at radius 2 is 0.857 bits per heavy atom. The van der Waals surface area contributed by atoms with Gasteiger partial charge in [0.15, 0.2) is 0 Å². The molecular formula is C40H36N2. The molecule has 2 aliphatic carbocycles. The number of hydrogen-bond acceptors (Lipinski definition) is 0. The Morgan fingerprint density at radius 3 is 1.26 bits per heavy atom. The van der Waals surface area contributed by atoms with E-state index in [4.69, 9.17) is 0 Å². The average molecular weight is 545 g/mol. The number of hydrogen-bond donors (Lipinski definition) is 2. The van der Waals surface area contributed by atoms with Gasteiger partial charge in [0.1, 0.15) is 0 Å². The zero-order valence-electron chi connectivity index (χ0n) is 23.9. The molecule has 6 aromatic rings. The summed E-state index contributed by atoms with van der Waals surface area (Å²) in [4.78, 5) is 7.79. The van der Waals surface area contributed by atoms with E-state index in [1.54, 1.807) is 0 Å². The van der Waals surface area contributed by atoms with Crippen molar-refractivity contribution < 1.29 is 0 Å². The molecular weight excluding hydrogens is 508 g/mol. The van der Waals surface area contributed by atoms with Gasteiger partial charge < -0.3 is 9.97 Å². The predicted molar refractivity (Wildman–Crippen MR) is 178 cm³/mol. The smallest absolute Gasteiger partial charge is 0.0713 e. The van der Waals surface area contributed by atoms with E-state index >= 15 is 0 Å². The molecule has 206 valence electrons. The lowest BCUT2D eigenvalue weighted by Crippen LogP contribution is -2.05. The van der Waals surface area contributed by atoms with Gasteiger partial charge >= 0.3 is 0 Å². The summed E-state index contributed by atoms with van der Waals surface area (Å²) in [5, 5.41) is 2.64. The van der Waals surface area contributed by atoms with Gasteiger partial charge in [-0.15, -0.1) is 0 Å². The Kier molecular flexibility index (Phi) is 6.41. The minimum absolute atomic E-state index is 0.595. The van der Waals surface area contributed by atoms with Gasteiger partial charge in [0.2, 0.25) is 0 Å². The molecule has 4 aromatic carbocycles.